The van der Waals surface area contributed by atoms with Crippen molar-refractivity contribution in [1.29, 1.82) is 0 Å². The fourth-order valence-electron chi connectivity index (χ4n) is 1.62. The van der Waals surface area contributed by atoms with Gasteiger partial charge in [0.05, 0.1) is 0 Å². The molecule has 0 aromatic carbocycles. The Bertz CT molecular complexity index is 389. The maximum atomic E-state index is 12.5. The van der Waals surface area contributed by atoms with Crippen LogP contribution in [0.2, 0.25) is 0 Å². The third-order valence-corrected chi connectivity index (χ3v) is 2.55. The predicted molar refractivity (Wildman–Crippen MR) is 56.5 cm³/mol. The number of halogens is 3. The molecule has 2 N–H and O–H groups in total. The van der Waals surface area contributed by atoms with E-state index in [1.165, 1.54) is 0 Å². The average Bonchev–Trinajstić information content (AvgIpc) is 3.09. The van der Waals surface area contributed by atoms with Gasteiger partial charge >= 0.3 is 6.18 Å². The number of anilines is 1. The number of nitrogens with zero attached hydrogens (tertiary/aromatic N) is 3. The van der Waals surface area contributed by atoms with Crippen LogP contribution in [0, 0.1) is 0 Å². The highest BCUT2D eigenvalue weighted by Gasteiger charge is 2.35. The predicted octanol–water partition coefficient (Wildman–Crippen LogP) is 1.42. The van der Waals surface area contributed by atoms with E-state index in [4.69, 9.17) is 5.73 Å². The molecular formula is C10H13F3N4. The molecule has 0 aliphatic heterocycles. The molecule has 0 amide bonds. The fourth-order valence-corrected chi connectivity index (χ4v) is 1.62. The van der Waals surface area contributed by atoms with E-state index >= 15 is 0 Å². The van der Waals surface area contributed by atoms with Crippen molar-refractivity contribution in [2.24, 2.45) is 5.73 Å². The molecule has 0 saturated heterocycles. The molecule has 2 rings (SSSR count). The standard InChI is InChI=1S/C10H13F3N4/c11-10(12,13)8-3-5-15-9(16-8)17(6-4-14)7-1-2-7/h3,5,7H,1-2,4,6,14H2. The normalized spacial score (nSPS) is 16.0. The first-order chi connectivity index (χ1) is 8.02. The lowest BCUT2D eigenvalue weighted by Gasteiger charge is -2.21. The molecule has 17 heavy (non-hydrogen) atoms. The SMILES string of the molecule is NCCN(c1nccc(C(F)(F)F)n1)C1CC1. The van der Waals surface area contributed by atoms with E-state index < -0.39 is 11.9 Å². The van der Waals surface area contributed by atoms with Crippen LogP contribution in [-0.2, 0) is 6.18 Å². The molecule has 0 atom stereocenters. The average molecular weight is 246 g/mol. The summed E-state index contributed by atoms with van der Waals surface area (Å²) >= 11 is 0. The number of alkyl halides is 3. The van der Waals surface area contributed by atoms with Gasteiger partial charge in [-0.2, -0.15) is 13.2 Å². The minimum atomic E-state index is -4.43. The van der Waals surface area contributed by atoms with Crippen molar-refractivity contribution in [1.82, 2.24) is 9.97 Å². The number of aromatic nitrogens is 2. The van der Waals surface area contributed by atoms with E-state index in [9.17, 15) is 13.2 Å². The molecular weight excluding hydrogens is 233 g/mol. The van der Waals surface area contributed by atoms with Gasteiger partial charge in [-0.05, 0) is 18.9 Å². The van der Waals surface area contributed by atoms with Crippen LogP contribution in [0.5, 0.6) is 0 Å². The van der Waals surface area contributed by atoms with Crippen molar-refractivity contribution in [3.8, 4) is 0 Å². The van der Waals surface area contributed by atoms with Crippen LogP contribution in [0.1, 0.15) is 18.5 Å². The third-order valence-electron chi connectivity index (χ3n) is 2.55. The van der Waals surface area contributed by atoms with E-state index in [2.05, 4.69) is 9.97 Å². The molecule has 1 fully saturated rings. The van der Waals surface area contributed by atoms with Gasteiger partial charge in [-0.25, -0.2) is 9.97 Å². The molecule has 1 aromatic heterocycles. The molecule has 7 heteroatoms. The van der Waals surface area contributed by atoms with Crippen LogP contribution in [0.3, 0.4) is 0 Å². The van der Waals surface area contributed by atoms with Gasteiger partial charge in [-0.3, -0.25) is 0 Å². The Hall–Kier alpha value is -1.37. The van der Waals surface area contributed by atoms with Crippen LogP contribution in [-0.4, -0.2) is 29.1 Å². The summed E-state index contributed by atoms with van der Waals surface area (Å²) in [4.78, 5) is 9.20. The Morgan fingerprint density at radius 1 is 1.41 bits per heavy atom. The number of hydrogen-bond acceptors (Lipinski definition) is 4. The van der Waals surface area contributed by atoms with Crippen molar-refractivity contribution < 1.29 is 13.2 Å². The minimum Gasteiger partial charge on any atom is -0.337 e. The van der Waals surface area contributed by atoms with Gasteiger partial charge in [0.25, 0.3) is 0 Å². The van der Waals surface area contributed by atoms with Crippen molar-refractivity contribution >= 4 is 5.95 Å². The zero-order valence-electron chi connectivity index (χ0n) is 9.11. The second-order valence-corrected chi connectivity index (χ2v) is 3.95. The quantitative estimate of drug-likeness (QED) is 0.873. The van der Waals surface area contributed by atoms with Gasteiger partial charge in [-0.15, -0.1) is 0 Å². The van der Waals surface area contributed by atoms with Gasteiger partial charge in [0, 0.05) is 25.3 Å². The Morgan fingerprint density at radius 2 is 2.12 bits per heavy atom. The molecule has 0 bridgehead atoms. The summed E-state index contributed by atoms with van der Waals surface area (Å²) in [5, 5.41) is 0. The molecule has 1 heterocycles. The first-order valence-electron chi connectivity index (χ1n) is 5.39. The molecule has 1 aromatic rings. The highest BCUT2D eigenvalue weighted by Crippen LogP contribution is 2.32. The van der Waals surface area contributed by atoms with Crippen LogP contribution in [0.4, 0.5) is 19.1 Å². The summed E-state index contributed by atoms with van der Waals surface area (Å²) in [7, 11) is 0. The van der Waals surface area contributed by atoms with Crippen LogP contribution in [0.15, 0.2) is 12.3 Å². The van der Waals surface area contributed by atoms with E-state index in [0.29, 0.717) is 13.1 Å². The molecule has 0 spiro atoms. The molecule has 4 nitrogen and oxygen atoms in total. The maximum Gasteiger partial charge on any atom is 0.433 e. The van der Waals surface area contributed by atoms with Crippen molar-refractivity contribution in [3.63, 3.8) is 0 Å². The Morgan fingerprint density at radius 3 is 2.65 bits per heavy atom. The molecule has 0 radical (unpaired) electrons. The first kappa shape index (κ1) is 12.1. The van der Waals surface area contributed by atoms with E-state index in [-0.39, 0.29) is 12.0 Å². The minimum absolute atomic E-state index is 0.118. The number of nitrogens with two attached hydrogens (primary N) is 1. The lowest BCUT2D eigenvalue weighted by Crippen LogP contribution is -2.33. The summed E-state index contributed by atoms with van der Waals surface area (Å²) in [6, 6.07) is 1.11. The topological polar surface area (TPSA) is 55.0 Å². The zero-order chi connectivity index (χ0) is 12.5. The Labute approximate surface area is 96.7 Å². The lowest BCUT2D eigenvalue weighted by atomic mass is 10.4. The van der Waals surface area contributed by atoms with E-state index in [0.717, 1.165) is 25.1 Å². The highest BCUT2D eigenvalue weighted by molar-refractivity contribution is 5.34. The number of hydrogen-bond donors (Lipinski definition) is 1. The Kier molecular flexibility index (Phi) is 3.19. The lowest BCUT2D eigenvalue weighted by molar-refractivity contribution is -0.141. The van der Waals surface area contributed by atoms with Crippen LogP contribution >= 0.6 is 0 Å². The second kappa shape index (κ2) is 4.48. The summed E-state index contributed by atoms with van der Waals surface area (Å²) in [6.07, 6.45) is -1.38. The Balaban J connectivity index is 2.24. The molecule has 1 aliphatic rings. The summed E-state index contributed by atoms with van der Waals surface area (Å²) in [5.74, 6) is 0.118. The van der Waals surface area contributed by atoms with Crippen molar-refractivity contribution in [3.05, 3.63) is 18.0 Å². The van der Waals surface area contributed by atoms with Gasteiger partial charge in [0.1, 0.15) is 5.69 Å². The molecule has 1 aliphatic carbocycles. The first-order valence-corrected chi connectivity index (χ1v) is 5.39. The number of rotatable bonds is 4. The monoisotopic (exact) mass is 246 g/mol. The molecule has 1 saturated carbocycles. The molecule has 0 unspecified atom stereocenters. The van der Waals surface area contributed by atoms with Crippen LogP contribution < -0.4 is 10.6 Å². The fraction of sp³-hybridized carbons (Fsp3) is 0.600. The van der Waals surface area contributed by atoms with Gasteiger partial charge < -0.3 is 10.6 Å². The highest BCUT2D eigenvalue weighted by atomic mass is 19.4. The summed E-state index contributed by atoms with van der Waals surface area (Å²) in [5.41, 5.74) is 4.52. The van der Waals surface area contributed by atoms with Crippen molar-refractivity contribution in [2.45, 2.75) is 25.1 Å². The summed E-state index contributed by atoms with van der Waals surface area (Å²) in [6.45, 7) is 0.849. The zero-order valence-corrected chi connectivity index (χ0v) is 9.11. The van der Waals surface area contributed by atoms with Gasteiger partial charge in [0.2, 0.25) is 5.95 Å². The smallest absolute Gasteiger partial charge is 0.337 e. The van der Waals surface area contributed by atoms with E-state index in [1.54, 1.807) is 4.90 Å². The second-order valence-electron chi connectivity index (χ2n) is 3.95. The molecule has 94 valence electrons. The van der Waals surface area contributed by atoms with Gasteiger partial charge in [-0.1, -0.05) is 0 Å². The van der Waals surface area contributed by atoms with Crippen molar-refractivity contribution in [2.75, 3.05) is 18.0 Å². The largest absolute Gasteiger partial charge is 0.433 e. The maximum absolute atomic E-state index is 12.5. The van der Waals surface area contributed by atoms with Gasteiger partial charge in [0.15, 0.2) is 0 Å². The summed E-state index contributed by atoms with van der Waals surface area (Å²) < 4.78 is 37.5. The van der Waals surface area contributed by atoms with Crippen LogP contribution in [0.25, 0.3) is 0 Å². The van der Waals surface area contributed by atoms with E-state index in [1.807, 2.05) is 0 Å². The third kappa shape index (κ3) is 2.85.